The second-order valence-corrected chi connectivity index (χ2v) is 9.79. The molecular weight excluding hydrogens is 336 g/mol. The first-order valence-corrected chi connectivity index (χ1v) is 9.39. The maximum absolute atomic E-state index is 12.9. The number of benzene rings is 1. The summed E-state index contributed by atoms with van der Waals surface area (Å²) in [6, 6.07) is 4.71. The molecule has 1 amide bonds. The normalized spacial score (nSPS) is 29.8. The van der Waals surface area contributed by atoms with E-state index in [1.807, 2.05) is 6.92 Å². The minimum absolute atomic E-state index is 0.0387. The van der Waals surface area contributed by atoms with E-state index in [1.165, 1.54) is 10.4 Å². The van der Waals surface area contributed by atoms with Gasteiger partial charge in [0.15, 0.2) is 0 Å². The Labute approximate surface area is 141 Å². The summed E-state index contributed by atoms with van der Waals surface area (Å²) in [5.74, 6) is -0.440. The maximum Gasteiger partial charge on any atom is 0.243 e. The molecule has 1 aromatic carbocycles. The number of aryl methyl sites for hydroxylation is 1. The molecule has 2 N–H and O–H groups in total. The van der Waals surface area contributed by atoms with Crippen molar-refractivity contribution in [1.29, 1.82) is 0 Å². The Hall–Kier alpha value is -1.11. The van der Waals surface area contributed by atoms with E-state index in [0.717, 1.165) is 5.56 Å². The molecule has 3 rings (SSSR count). The lowest BCUT2D eigenvalue weighted by Crippen LogP contribution is -2.59. The first-order valence-electron chi connectivity index (χ1n) is 7.57. The molecule has 1 aliphatic carbocycles. The quantitative estimate of drug-likeness (QED) is 0.901. The number of carbonyl (C=O) groups excluding carboxylic acids is 1. The third-order valence-corrected chi connectivity index (χ3v) is 7.71. The van der Waals surface area contributed by atoms with Gasteiger partial charge in [0, 0.05) is 18.1 Å². The lowest BCUT2D eigenvalue weighted by Gasteiger charge is -2.54. The number of hydrogen-bond donors (Lipinski definition) is 1. The number of nitrogens with two attached hydrogens (primary N) is 1. The number of primary amides is 1. The van der Waals surface area contributed by atoms with E-state index in [-0.39, 0.29) is 22.8 Å². The number of amides is 1. The Morgan fingerprint density at radius 3 is 2.52 bits per heavy atom. The minimum Gasteiger partial charge on any atom is -0.369 e. The van der Waals surface area contributed by atoms with E-state index in [4.69, 9.17) is 17.3 Å². The Balaban J connectivity index is 1.96. The molecule has 1 saturated heterocycles. The van der Waals surface area contributed by atoms with E-state index in [1.54, 1.807) is 12.1 Å². The highest BCUT2D eigenvalue weighted by Gasteiger charge is 2.67. The summed E-state index contributed by atoms with van der Waals surface area (Å²) in [6.45, 7) is 6.41. The highest BCUT2D eigenvalue weighted by molar-refractivity contribution is 7.89. The summed E-state index contributed by atoms with van der Waals surface area (Å²) in [6.07, 6.45) is 0.626. The third-order valence-electron chi connectivity index (χ3n) is 5.50. The van der Waals surface area contributed by atoms with Crippen molar-refractivity contribution < 1.29 is 13.2 Å². The van der Waals surface area contributed by atoms with Crippen molar-refractivity contribution in [1.82, 2.24) is 4.31 Å². The van der Waals surface area contributed by atoms with Crippen LogP contribution in [0.1, 0.15) is 25.8 Å². The van der Waals surface area contributed by atoms with Crippen LogP contribution in [0, 0.1) is 23.7 Å². The summed E-state index contributed by atoms with van der Waals surface area (Å²) < 4.78 is 27.2. The monoisotopic (exact) mass is 356 g/mol. The summed E-state index contributed by atoms with van der Waals surface area (Å²) in [5.41, 5.74) is 5.61. The Kier molecular flexibility index (Phi) is 3.60. The minimum atomic E-state index is -3.68. The molecule has 2 atom stereocenters. The van der Waals surface area contributed by atoms with Gasteiger partial charge in [-0.25, -0.2) is 8.42 Å². The molecule has 0 spiro atoms. The number of fused-ring (bicyclic) bond motifs is 1. The molecule has 0 aromatic heterocycles. The predicted molar refractivity (Wildman–Crippen MR) is 88.5 cm³/mol. The maximum atomic E-state index is 12.9. The molecule has 7 heteroatoms. The summed E-state index contributed by atoms with van der Waals surface area (Å²) in [7, 11) is -3.68. The van der Waals surface area contributed by atoms with Crippen LogP contribution in [0.3, 0.4) is 0 Å². The van der Waals surface area contributed by atoms with Crippen molar-refractivity contribution >= 4 is 27.5 Å². The molecular formula is C16H21ClN2O3S. The molecule has 2 fully saturated rings. The van der Waals surface area contributed by atoms with E-state index in [2.05, 4.69) is 13.8 Å². The fourth-order valence-corrected chi connectivity index (χ4v) is 6.05. The van der Waals surface area contributed by atoms with E-state index >= 15 is 0 Å². The van der Waals surface area contributed by atoms with Crippen molar-refractivity contribution in [2.75, 3.05) is 13.1 Å². The molecule has 1 aromatic rings. The van der Waals surface area contributed by atoms with E-state index < -0.39 is 21.3 Å². The van der Waals surface area contributed by atoms with Crippen LogP contribution in [0.25, 0.3) is 0 Å². The first kappa shape index (κ1) is 16.7. The van der Waals surface area contributed by atoms with Crippen molar-refractivity contribution in [3.63, 3.8) is 0 Å². The third kappa shape index (κ3) is 2.30. The topological polar surface area (TPSA) is 80.5 Å². The largest absolute Gasteiger partial charge is 0.369 e. The van der Waals surface area contributed by atoms with Crippen molar-refractivity contribution in [3.05, 3.63) is 28.8 Å². The fourth-order valence-electron chi connectivity index (χ4n) is 4.25. The van der Waals surface area contributed by atoms with Gasteiger partial charge in [0.2, 0.25) is 15.9 Å². The van der Waals surface area contributed by atoms with Crippen LogP contribution in [-0.2, 0) is 14.8 Å². The van der Waals surface area contributed by atoms with Gasteiger partial charge < -0.3 is 5.73 Å². The van der Waals surface area contributed by atoms with Gasteiger partial charge in [-0.1, -0.05) is 31.5 Å². The summed E-state index contributed by atoms with van der Waals surface area (Å²) in [5, 5.41) is 0.415. The second-order valence-electron chi connectivity index (χ2n) is 7.45. The molecule has 0 radical (unpaired) electrons. The van der Waals surface area contributed by atoms with Crippen LogP contribution < -0.4 is 5.73 Å². The van der Waals surface area contributed by atoms with Crippen molar-refractivity contribution in [2.24, 2.45) is 22.5 Å². The molecule has 1 heterocycles. The van der Waals surface area contributed by atoms with Crippen molar-refractivity contribution in [3.8, 4) is 0 Å². The van der Waals surface area contributed by atoms with Gasteiger partial charge in [0.05, 0.1) is 10.3 Å². The average Bonchev–Trinajstić information content (AvgIpc) is 2.78. The SMILES string of the molecule is Cc1ccc(S(=O)(=O)N2C[C@@H]3C(C)(C)C[C@]3(C(N)=O)C2)cc1Cl. The number of carbonyl (C=O) groups is 1. The van der Waals surface area contributed by atoms with Crippen LogP contribution in [0.15, 0.2) is 23.1 Å². The Morgan fingerprint density at radius 2 is 2.04 bits per heavy atom. The first-order chi connectivity index (χ1) is 10.5. The predicted octanol–water partition coefficient (Wildman–Crippen LogP) is 2.17. The average molecular weight is 357 g/mol. The molecule has 0 bridgehead atoms. The fraction of sp³-hybridized carbons (Fsp3) is 0.562. The van der Waals surface area contributed by atoms with Gasteiger partial charge in [-0.05, 0) is 42.4 Å². The number of halogens is 1. The van der Waals surface area contributed by atoms with Gasteiger partial charge in [0.25, 0.3) is 0 Å². The van der Waals surface area contributed by atoms with Crippen LogP contribution >= 0.6 is 11.6 Å². The lowest BCUT2D eigenvalue weighted by atomic mass is 9.48. The highest BCUT2D eigenvalue weighted by atomic mass is 35.5. The number of sulfonamides is 1. The summed E-state index contributed by atoms with van der Waals surface area (Å²) >= 11 is 6.06. The van der Waals surface area contributed by atoms with Gasteiger partial charge in [-0.2, -0.15) is 4.31 Å². The van der Waals surface area contributed by atoms with Crippen LogP contribution in [0.2, 0.25) is 5.02 Å². The van der Waals surface area contributed by atoms with Crippen LogP contribution in [0.4, 0.5) is 0 Å². The van der Waals surface area contributed by atoms with Gasteiger partial charge in [-0.3, -0.25) is 4.79 Å². The number of rotatable bonds is 3. The zero-order chi connectivity index (χ0) is 17.2. The number of hydrogen-bond acceptors (Lipinski definition) is 3. The molecule has 5 nitrogen and oxygen atoms in total. The molecule has 0 unspecified atom stereocenters. The molecule has 1 saturated carbocycles. The van der Waals surface area contributed by atoms with E-state index in [0.29, 0.717) is 18.0 Å². The smallest absolute Gasteiger partial charge is 0.243 e. The number of nitrogens with zero attached hydrogens (tertiary/aromatic N) is 1. The van der Waals surface area contributed by atoms with Gasteiger partial charge >= 0.3 is 0 Å². The van der Waals surface area contributed by atoms with Crippen LogP contribution in [0.5, 0.6) is 0 Å². The molecule has 2 aliphatic rings. The second kappa shape index (κ2) is 4.94. The highest BCUT2D eigenvalue weighted by Crippen LogP contribution is 2.63. The molecule has 126 valence electrons. The zero-order valence-corrected chi connectivity index (χ0v) is 15.0. The van der Waals surface area contributed by atoms with E-state index in [9.17, 15) is 13.2 Å². The van der Waals surface area contributed by atoms with Gasteiger partial charge in [-0.15, -0.1) is 0 Å². The Bertz CT molecular complexity index is 791. The summed E-state index contributed by atoms with van der Waals surface area (Å²) in [4.78, 5) is 12.1. The standard InChI is InChI=1S/C16H21ClN2O3S/c1-10-4-5-11(6-12(10)17)23(21,22)19-7-13-15(2,3)8-16(13,9-19)14(18)20/h4-6,13H,7-9H2,1-3H3,(H2,18,20)/t13-,16+/m1/s1. The lowest BCUT2D eigenvalue weighted by molar-refractivity contribution is -0.148. The van der Waals surface area contributed by atoms with Crippen LogP contribution in [-0.4, -0.2) is 31.7 Å². The molecule has 23 heavy (non-hydrogen) atoms. The Morgan fingerprint density at radius 1 is 1.39 bits per heavy atom. The zero-order valence-electron chi connectivity index (χ0n) is 13.5. The molecule has 1 aliphatic heterocycles. The van der Waals surface area contributed by atoms with Crippen molar-refractivity contribution in [2.45, 2.75) is 32.1 Å². The van der Waals surface area contributed by atoms with Gasteiger partial charge in [0.1, 0.15) is 0 Å².